The molecule has 2 heterocycles. The number of fused-ring (bicyclic) bond motifs is 2. The number of aromatic nitrogens is 4. The molecule has 0 aliphatic heterocycles. The molecule has 41 heavy (non-hydrogen) atoms. The minimum Gasteiger partial charge on any atom is -0.307 e. The third-order valence-corrected chi connectivity index (χ3v) is 9.04. The number of nitriles is 1. The van der Waals surface area contributed by atoms with Crippen LogP contribution in [-0.4, -0.2) is 42.4 Å². The van der Waals surface area contributed by atoms with Gasteiger partial charge in [-0.25, -0.2) is 23.1 Å². The quantitative estimate of drug-likeness (QED) is 0.383. The molecule has 0 saturated carbocycles. The minimum atomic E-state index is -4.08. The van der Waals surface area contributed by atoms with Gasteiger partial charge in [0.2, 0.25) is 0 Å². The van der Waals surface area contributed by atoms with Gasteiger partial charge in [0.25, 0.3) is 20.0 Å². The number of anilines is 1. The number of nitrogens with one attached hydrogen (secondary N) is 2. The number of amides is 2. The Kier molecular flexibility index (Phi) is 8.57. The molecule has 13 nitrogen and oxygen atoms in total. The van der Waals surface area contributed by atoms with Crippen LogP contribution in [0.1, 0.15) is 80.4 Å². The monoisotopic (exact) mass is 602 g/mol. The first-order valence-electron chi connectivity index (χ1n) is 13.3. The topological polar surface area (TPSA) is 195 Å². The highest BCUT2D eigenvalue weighted by Gasteiger charge is 2.30. The van der Waals surface area contributed by atoms with Gasteiger partial charge in [0, 0.05) is 30.2 Å². The Balaban J connectivity index is 0.000000271. The van der Waals surface area contributed by atoms with Crippen LogP contribution < -0.4 is 15.2 Å². The van der Waals surface area contributed by atoms with Crippen LogP contribution in [0.3, 0.4) is 0 Å². The maximum Gasteiger partial charge on any atom is 0.333 e. The Morgan fingerprint density at radius 2 is 1.34 bits per heavy atom. The first-order chi connectivity index (χ1) is 19.2. The lowest BCUT2D eigenvalue weighted by Gasteiger charge is -2.18. The van der Waals surface area contributed by atoms with Crippen LogP contribution in [0.4, 0.5) is 10.5 Å². The second-order valence-corrected chi connectivity index (χ2v) is 13.7. The Bertz CT molecular complexity index is 1700. The van der Waals surface area contributed by atoms with E-state index in [1.807, 2.05) is 27.7 Å². The molecule has 0 saturated heterocycles. The number of rotatable bonds is 6. The third kappa shape index (κ3) is 6.45. The molecule has 5 rings (SSSR count). The van der Waals surface area contributed by atoms with Crippen molar-refractivity contribution in [1.29, 1.82) is 5.26 Å². The SMILES string of the molecule is CC(C)n1ccc(S(=O)(=O)NC(=O)Nc2c3c(c(C#N)c4c2CCC4)CCC3)n1.CC(C)n1ccc(S(N)(=O)=O)n1. The van der Waals surface area contributed by atoms with Crippen LogP contribution in [0.2, 0.25) is 0 Å². The standard InChI is InChI=1S/C20H23N5O3S.C6H11N3O2S/c1-12(2)25-10-9-18(23-25)29(27,28)24-20(26)22-19-15-7-3-5-13(15)17(11-21)14-6-4-8-16(14)19;1-5(2)9-4-3-6(8-9)12(7,10)11/h9-10,12H,3-8H2,1-2H3,(H2,22,24,26);3-5H,1-2H3,(H2,7,10,11). The number of urea groups is 1. The first-order valence-corrected chi connectivity index (χ1v) is 16.3. The van der Waals surface area contributed by atoms with E-state index in [1.165, 1.54) is 16.8 Å². The number of primary sulfonamides is 1. The fourth-order valence-corrected chi connectivity index (χ4v) is 6.37. The number of nitrogens with zero attached hydrogens (tertiary/aromatic N) is 5. The highest BCUT2D eigenvalue weighted by molar-refractivity contribution is 7.90. The van der Waals surface area contributed by atoms with Crippen LogP contribution in [0.25, 0.3) is 0 Å². The lowest BCUT2D eigenvalue weighted by atomic mass is 9.93. The van der Waals surface area contributed by atoms with Crippen LogP contribution in [-0.2, 0) is 45.7 Å². The second-order valence-electron chi connectivity index (χ2n) is 10.5. The van der Waals surface area contributed by atoms with Gasteiger partial charge in [-0.2, -0.15) is 23.9 Å². The summed E-state index contributed by atoms with van der Waals surface area (Å²) in [5.41, 5.74) is 5.38. The van der Waals surface area contributed by atoms with Gasteiger partial charge in [-0.05, 0) is 101 Å². The fourth-order valence-electron chi connectivity index (χ4n) is 5.07. The number of carbonyl (C=O) groups is 1. The molecule has 2 aliphatic rings. The summed E-state index contributed by atoms with van der Waals surface area (Å²) in [6.07, 6.45) is 8.18. The van der Waals surface area contributed by atoms with E-state index in [-0.39, 0.29) is 22.1 Å². The van der Waals surface area contributed by atoms with Crippen molar-refractivity contribution in [2.75, 3.05) is 5.32 Å². The number of hydrogen-bond acceptors (Lipinski definition) is 8. The minimum absolute atomic E-state index is 0.0107. The van der Waals surface area contributed by atoms with Crippen LogP contribution in [0, 0.1) is 11.3 Å². The highest BCUT2D eigenvalue weighted by Crippen LogP contribution is 2.41. The van der Waals surface area contributed by atoms with Gasteiger partial charge in [-0.1, -0.05) is 0 Å². The van der Waals surface area contributed by atoms with Crippen molar-refractivity contribution in [2.24, 2.45) is 5.14 Å². The lowest BCUT2D eigenvalue weighted by Crippen LogP contribution is -2.35. The van der Waals surface area contributed by atoms with Gasteiger partial charge < -0.3 is 5.32 Å². The second kappa shape index (κ2) is 11.6. The summed E-state index contributed by atoms with van der Waals surface area (Å²) in [7, 11) is -7.73. The Morgan fingerprint density at radius 1 is 0.878 bits per heavy atom. The zero-order valence-corrected chi connectivity index (χ0v) is 25.0. The van der Waals surface area contributed by atoms with E-state index < -0.39 is 26.1 Å². The maximum atomic E-state index is 12.6. The van der Waals surface area contributed by atoms with Crippen molar-refractivity contribution >= 4 is 31.8 Å². The largest absolute Gasteiger partial charge is 0.333 e. The summed E-state index contributed by atoms with van der Waals surface area (Å²) in [5, 5.41) is 24.8. The molecule has 220 valence electrons. The van der Waals surface area contributed by atoms with E-state index in [4.69, 9.17) is 5.14 Å². The molecule has 0 unspecified atom stereocenters. The number of sulfonamides is 2. The first kappa shape index (κ1) is 30.2. The normalized spacial score (nSPS) is 14.3. The van der Waals surface area contributed by atoms with E-state index in [2.05, 4.69) is 26.3 Å². The van der Waals surface area contributed by atoms with Gasteiger partial charge in [0.05, 0.1) is 11.6 Å². The van der Waals surface area contributed by atoms with Crippen LogP contribution in [0.15, 0.2) is 34.6 Å². The van der Waals surface area contributed by atoms with Gasteiger partial charge in [-0.3, -0.25) is 9.36 Å². The Morgan fingerprint density at radius 3 is 1.76 bits per heavy atom. The van der Waals surface area contributed by atoms with Crippen LogP contribution in [0.5, 0.6) is 0 Å². The molecule has 0 bridgehead atoms. The van der Waals surface area contributed by atoms with Gasteiger partial charge >= 0.3 is 6.03 Å². The molecule has 0 radical (unpaired) electrons. The van der Waals surface area contributed by atoms with Crippen LogP contribution >= 0.6 is 0 Å². The average Bonchev–Trinajstić information content (AvgIpc) is 3.69. The van der Waals surface area contributed by atoms with E-state index in [0.717, 1.165) is 66.3 Å². The number of hydrogen-bond donors (Lipinski definition) is 3. The molecular weight excluding hydrogens is 568 g/mol. The molecule has 0 atom stereocenters. The highest BCUT2D eigenvalue weighted by atomic mass is 32.2. The van der Waals surface area contributed by atoms with E-state index >= 15 is 0 Å². The van der Waals surface area contributed by atoms with E-state index in [9.17, 15) is 26.9 Å². The summed E-state index contributed by atoms with van der Waals surface area (Å²) < 4.78 is 51.8. The number of nitrogens with two attached hydrogens (primary N) is 1. The molecular formula is C26H34N8O5S2. The van der Waals surface area contributed by atoms with E-state index in [0.29, 0.717) is 5.69 Å². The van der Waals surface area contributed by atoms with Gasteiger partial charge in [0.1, 0.15) is 0 Å². The fraction of sp³-hybridized carbons (Fsp3) is 0.462. The Labute approximate surface area is 239 Å². The molecule has 2 amide bonds. The summed E-state index contributed by atoms with van der Waals surface area (Å²) in [4.78, 5) is 12.6. The predicted octanol–water partition coefficient (Wildman–Crippen LogP) is 2.93. The lowest BCUT2D eigenvalue weighted by molar-refractivity contribution is 0.256. The summed E-state index contributed by atoms with van der Waals surface area (Å²) in [5.74, 6) is 0. The van der Waals surface area contributed by atoms with Crippen molar-refractivity contribution < 1.29 is 21.6 Å². The average molecular weight is 603 g/mol. The smallest absolute Gasteiger partial charge is 0.307 e. The predicted molar refractivity (Wildman–Crippen MR) is 151 cm³/mol. The zero-order valence-electron chi connectivity index (χ0n) is 23.4. The Hall–Kier alpha value is -3.74. The van der Waals surface area contributed by atoms with Gasteiger partial charge in [-0.15, -0.1) is 0 Å². The van der Waals surface area contributed by atoms with Crippen molar-refractivity contribution in [3.63, 3.8) is 0 Å². The summed E-state index contributed by atoms with van der Waals surface area (Å²) >= 11 is 0. The van der Waals surface area contributed by atoms with Crippen molar-refractivity contribution in [3.05, 3.63) is 52.3 Å². The van der Waals surface area contributed by atoms with Gasteiger partial charge in [0.15, 0.2) is 10.1 Å². The van der Waals surface area contributed by atoms with E-state index in [1.54, 1.807) is 17.1 Å². The molecule has 4 N–H and O–H groups in total. The molecule has 0 fully saturated rings. The van der Waals surface area contributed by atoms with Crippen molar-refractivity contribution in [1.82, 2.24) is 24.3 Å². The zero-order chi connectivity index (χ0) is 30.1. The molecule has 15 heteroatoms. The maximum absolute atomic E-state index is 12.6. The summed E-state index contributed by atoms with van der Waals surface area (Å²) in [6.45, 7) is 7.57. The molecule has 0 spiro atoms. The van der Waals surface area contributed by atoms with Crippen molar-refractivity contribution in [2.45, 2.75) is 88.4 Å². The molecule has 3 aromatic rings. The number of benzene rings is 1. The molecule has 2 aromatic heterocycles. The number of carbonyl (C=O) groups excluding carboxylic acids is 1. The van der Waals surface area contributed by atoms with Crippen molar-refractivity contribution in [3.8, 4) is 6.07 Å². The third-order valence-electron chi connectivity index (χ3n) is 7.01. The molecule has 1 aromatic carbocycles. The molecule has 2 aliphatic carbocycles. The summed E-state index contributed by atoms with van der Waals surface area (Å²) in [6, 6.07) is 4.44.